The van der Waals surface area contributed by atoms with Crippen LogP contribution in [0, 0.1) is 6.61 Å². The van der Waals surface area contributed by atoms with Gasteiger partial charge in [-0.2, -0.15) is 0 Å². The highest BCUT2D eigenvalue weighted by Gasteiger charge is 1.95. The Kier molecular flexibility index (Phi) is 1.85. The Morgan fingerprint density at radius 1 is 1.67 bits per heavy atom. The number of ether oxygens (including phenoxy) is 1. The maximum atomic E-state index is 4.91. The van der Waals surface area contributed by atoms with Gasteiger partial charge in [-0.3, -0.25) is 0 Å². The van der Waals surface area contributed by atoms with E-state index in [4.69, 9.17) is 4.74 Å². The van der Waals surface area contributed by atoms with E-state index < -0.39 is 0 Å². The summed E-state index contributed by atoms with van der Waals surface area (Å²) in [6.45, 7) is 1.87. The Bertz CT molecular complexity index is 23.0. The fraction of sp³-hybridized carbons (Fsp3) is 0.750. The molecule has 0 aromatic heterocycles. The molecule has 1 saturated heterocycles. The van der Waals surface area contributed by atoms with Crippen molar-refractivity contribution < 1.29 is 4.74 Å². The zero-order valence-corrected chi connectivity index (χ0v) is 4.33. The summed E-state index contributed by atoms with van der Waals surface area (Å²) in [7, 11) is 0. The molecule has 1 nitrogen and oxygen atoms in total. The lowest BCUT2D eigenvalue weighted by Crippen LogP contribution is -1.96. The monoisotopic (exact) mass is 103 g/mol. The van der Waals surface area contributed by atoms with Crippen LogP contribution >= 0.6 is 11.8 Å². The lowest BCUT2D eigenvalue weighted by atomic mass is 10.5. The molecule has 6 heavy (non-hydrogen) atoms. The smallest absolute Gasteiger partial charge is 0.0926 e. The second-order valence-corrected chi connectivity index (χ2v) is 2.20. The lowest BCUT2D eigenvalue weighted by Gasteiger charge is -2.07. The van der Waals surface area contributed by atoms with Crippen LogP contribution in [0.4, 0.5) is 0 Å². The van der Waals surface area contributed by atoms with E-state index in [9.17, 15) is 0 Å². The second kappa shape index (κ2) is 2.48. The van der Waals surface area contributed by atoms with Crippen LogP contribution in [-0.2, 0) is 4.74 Å². The van der Waals surface area contributed by atoms with Gasteiger partial charge < -0.3 is 4.74 Å². The van der Waals surface area contributed by atoms with Crippen LogP contribution in [-0.4, -0.2) is 11.7 Å². The SMILES string of the molecule is [CH]1CCSCO1. The number of hydrogen-bond acceptors (Lipinski definition) is 2. The average molecular weight is 103 g/mol. The van der Waals surface area contributed by atoms with Crippen molar-refractivity contribution in [1.29, 1.82) is 0 Å². The maximum Gasteiger partial charge on any atom is 0.0926 e. The van der Waals surface area contributed by atoms with Gasteiger partial charge in [-0.25, -0.2) is 0 Å². The van der Waals surface area contributed by atoms with Crippen molar-refractivity contribution in [2.45, 2.75) is 6.42 Å². The van der Waals surface area contributed by atoms with Crippen molar-refractivity contribution in [3.8, 4) is 0 Å². The third-order valence-corrected chi connectivity index (χ3v) is 1.48. The van der Waals surface area contributed by atoms with Crippen LogP contribution in [0.3, 0.4) is 0 Å². The number of hydrogen-bond donors (Lipinski definition) is 0. The molecule has 0 unspecified atom stereocenters. The summed E-state index contributed by atoms with van der Waals surface area (Å²) in [4.78, 5) is 0. The first-order valence-corrected chi connectivity index (χ1v) is 3.16. The van der Waals surface area contributed by atoms with Crippen LogP contribution in [0.2, 0.25) is 0 Å². The predicted molar refractivity (Wildman–Crippen MR) is 27.3 cm³/mol. The number of rotatable bonds is 0. The molecule has 1 rings (SSSR count). The summed E-state index contributed by atoms with van der Waals surface area (Å²) in [5.41, 5.74) is 0. The Hall–Kier alpha value is 0.310. The fourth-order valence-electron chi connectivity index (χ4n) is 0.370. The molecular weight excluding hydrogens is 96.1 g/mol. The van der Waals surface area contributed by atoms with Crippen molar-refractivity contribution in [2.24, 2.45) is 0 Å². The first kappa shape index (κ1) is 4.47. The summed E-state index contributed by atoms with van der Waals surface area (Å²) in [5, 5.41) is 0. The molecular formula is C4H7OS. The zero-order chi connectivity index (χ0) is 4.24. The van der Waals surface area contributed by atoms with E-state index in [1.807, 2.05) is 18.4 Å². The van der Waals surface area contributed by atoms with E-state index in [2.05, 4.69) is 0 Å². The van der Waals surface area contributed by atoms with Gasteiger partial charge in [0.15, 0.2) is 0 Å². The Morgan fingerprint density at radius 2 is 2.67 bits per heavy atom. The van der Waals surface area contributed by atoms with Gasteiger partial charge in [0, 0.05) is 0 Å². The van der Waals surface area contributed by atoms with Crippen LogP contribution in [0.5, 0.6) is 0 Å². The summed E-state index contributed by atoms with van der Waals surface area (Å²) in [6, 6.07) is 0. The summed E-state index contributed by atoms with van der Waals surface area (Å²) < 4.78 is 4.91. The van der Waals surface area contributed by atoms with Gasteiger partial charge in [-0.05, 0) is 12.2 Å². The Morgan fingerprint density at radius 3 is 2.83 bits per heavy atom. The van der Waals surface area contributed by atoms with Gasteiger partial charge in [0.25, 0.3) is 0 Å². The minimum absolute atomic E-state index is 0.861. The average Bonchev–Trinajstić information content (AvgIpc) is 1.72. The zero-order valence-electron chi connectivity index (χ0n) is 3.52. The number of thioether (sulfide) groups is 1. The molecule has 1 heterocycles. The van der Waals surface area contributed by atoms with E-state index in [1.54, 1.807) is 0 Å². The summed E-state index contributed by atoms with van der Waals surface area (Å²) in [6.07, 6.45) is 1.12. The third-order valence-electron chi connectivity index (χ3n) is 0.649. The molecule has 0 saturated carbocycles. The Labute approximate surface area is 42.1 Å². The largest absolute Gasteiger partial charge is 0.365 e. The van der Waals surface area contributed by atoms with Gasteiger partial charge >= 0.3 is 0 Å². The quantitative estimate of drug-likeness (QED) is 0.456. The highest BCUT2D eigenvalue weighted by molar-refractivity contribution is 7.99. The van der Waals surface area contributed by atoms with Crippen molar-refractivity contribution in [3.05, 3.63) is 6.61 Å². The molecule has 0 bridgehead atoms. The van der Waals surface area contributed by atoms with Crippen molar-refractivity contribution >= 4 is 11.8 Å². The van der Waals surface area contributed by atoms with Crippen LogP contribution in [0.15, 0.2) is 0 Å². The summed E-state index contributed by atoms with van der Waals surface area (Å²) in [5.74, 6) is 2.10. The molecule has 0 aromatic carbocycles. The molecule has 1 aliphatic rings. The standard InChI is InChI=1S/C4H7OS/c1-2-5-4-6-3-1/h2H,1,3-4H2. The van der Waals surface area contributed by atoms with Crippen LogP contribution in [0.25, 0.3) is 0 Å². The minimum atomic E-state index is 0.861. The highest BCUT2D eigenvalue weighted by Crippen LogP contribution is 2.11. The molecule has 0 spiro atoms. The Balaban J connectivity index is 2.00. The second-order valence-electron chi connectivity index (χ2n) is 1.15. The minimum Gasteiger partial charge on any atom is -0.365 e. The van der Waals surface area contributed by atoms with Gasteiger partial charge in [-0.15, -0.1) is 11.8 Å². The molecule has 1 fully saturated rings. The van der Waals surface area contributed by atoms with Crippen LogP contribution < -0.4 is 0 Å². The van der Waals surface area contributed by atoms with Gasteiger partial charge in [0.05, 0.1) is 12.5 Å². The van der Waals surface area contributed by atoms with E-state index in [0.717, 1.165) is 12.4 Å². The van der Waals surface area contributed by atoms with E-state index >= 15 is 0 Å². The van der Waals surface area contributed by atoms with E-state index in [-0.39, 0.29) is 0 Å². The van der Waals surface area contributed by atoms with E-state index in [1.165, 1.54) is 5.75 Å². The maximum absolute atomic E-state index is 4.91. The summed E-state index contributed by atoms with van der Waals surface area (Å²) >= 11 is 1.84. The normalized spacial score (nSPS) is 24.0. The molecule has 0 amide bonds. The molecule has 1 aliphatic heterocycles. The van der Waals surface area contributed by atoms with Gasteiger partial charge in [0.2, 0.25) is 0 Å². The molecule has 0 atom stereocenters. The molecule has 0 aliphatic carbocycles. The third kappa shape index (κ3) is 1.19. The van der Waals surface area contributed by atoms with Crippen molar-refractivity contribution in [2.75, 3.05) is 11.7 Å². The first-order chi connectivity index (χ1) is 3.00. The van der Waals surface area contributed by atoms with Crippen molar-refractivity contribution in [3.63, 3.8) is 0 Å². The van der Waals surface area contributed by atoms with Gasteiger partial charge in [-0.1, -0.05) is 0 Å². The topological polar surface area (TPSA) is 9.23 Å². The molecule has 0 aromatic rings. The fourth-order valence-corrected chi connectivity index (χ4v) is 0.943. The first-order valence-electron chi connectivity index (χ1n) is 2.01. The van der Waals surface area contributed by atoms with Gasteiger partial charge in [0.1, 0.15) is 0 Å². The molecule has 1 radical (unpaired) electrons. The van der Waals surface area contributed by atoms with Crippen molar-refractivity contribution in [1.82, 2.24) is 0 Å². The van der Waals surface area contributed by atoms with E-state index in [0.29, 0.717) is 0 Å². The molecule has 0 N–H and O–H groups in total. The van der Waals surface area contributed by atoms with Crippen LogP contribution in [0.1, 0.15) is 6.42 Å². The molecule has 2 heteroatoms. The predicted octanol–water partition coefficient (Wildman–Crippen LogP) is 1.26. The lowest BCUT2D eigenvalue weighted by molar-refractivity contribution is 0.244. The molecule has 35 valence electrons. The highest BCUT2D eigenvalue weighted by atomic mass is 32.2.